The lowest BCUT2D eigenvalue weighted by Gasteiger charge is -2.33. The third kappa shape index (κ3) is 4.83. The molecular weight excluding hydrogens is 499 g/mol. The number of benzene rings is 2. The minimum absolute atomic E-state index is 0.0882. The SMILES string of the molecule is Fc1ccccc1OC1CCN(c2nc(N3CCOCC3)nc(-n3c(C(F)F)nc4ccccc43)n2)CC1. The molecule has 0 spiro atoms. The number of halogens is 3. The Balaban J connectivity index is 1.33. The molecule has 12 heteroatoms. The Morgan fingerprint density at radius 3 is 2.13 bits per heavy atom. The number of aromatic nitrogens is 5. The summed E-state index contributed by atoms with van der Waals surface area (Å²) < 4.78 is 54.9. The van der Waals surface area contributed by atoms with E-state index in [4.69, 9.17) is 14.5 Å². The van der Waals surface area contributed by atoms with Crippen LogP contribution in [0, 0.1) is 5.82 Å². The van der Waals surface area contributed by atoms with Crippen LogP contribution in [0.3, 0.4) is 0 Å². The van der Waals surface area contributed by atoms with Gasteiger partial charge < -0.3 is 19.3 Å². The first kappa shape index (κ1) is 24.4. The third-order valence-electron chi connectivity index (χ3n) is 6.73. The zero-order valence-electron chi connectivity index (χ0n) is 20.5. The molecule has 38 heavy (non-hydrogen) atoms. The molecule has 0 unspecified atom stereocenters. The molecule has 0 amide bonds. The van der Waals surface area contributed by atoms with Gasteiger partial charge in [-0.05, 0) is 24.3 Å². The van der Waals surface area contributed by atoms with Crippen molar-refractivity contribution in [3.8, 4) is 11.7 Å². The lowest BCUT2D eigenvalue weighted by atomic mass is 10.1. The molecule has 4 heterocycles. The van der Waals surface area contributed by atoms with Crippen LogP contribution in [-0.2, 0) is 4.74 Å². The number of morpholine rings is 1. The molecule has 2 aromatic heterocycles. The van der Waals surface area contributed by atoms with Gasteiger partial charge in [0.05, 0.1) is 24.2 Å². The fourth-order valence-electron chi connectivity index (χ4n) is 4.78. The zero-order chi connectivity index (χ0) is 26.1. The molecule has 2 aliphatic rings. The highest BCUT2D eigenvalue weighted by Gasteiger charge is 2.28. The molecular formula is C26H26F3N7O2. The van der Waals surface area contributed by atoms with E-state index >= 15 is 0 Å². The number of ether oxygens (including phenoxy) is 2. The van der Waals surface area contributed by atoms with Crippen LogP contribution in [0.15, 0.2) is 48.5 Å². The van der Waals surface area contributed by atoms with Crippen molar-refractivity contribution in [3.05, 3.63) is 60.2 Å². The largest absolute Gasteiger partial charge is 0.487 e. The number of anilines is 2. The number of para-hydroxylation sites is 3. The summed E-state index contributed by atoms with van der Waals surface area (Å²) in [6.45, 7) is 3.30. The summed E-state index contributed by atoms with van der Waals surface area (Å²) in [4.78, 5) is 22.1. The minimum atomic E-state index is -2.82. The zero-order valence-corrected chi connectivity index (χ0v) is 20.5. The van der Waals surface area contributed by atoms with E-state index in [1.807, 2.05) is 9.80 Å². The Bertz CT molecular complexity index is 1420. The number of piperidine rings is 1. The number of imidazole rings is 1. The van der Waals surface area contributed by atoms with E-state index < -0.39 is 18.1 Å². The van der Waals surface area contributed by atoms with Gasteiger partial charge in [0.1, 0.15) is 6.10 Å². The minimum Gasteiger partial charge on any atom is -0.487 e. The molecule has 2 aromatic carbocycles. The topological polar surface area (TPSA) is 81.4 Å². The number of rotatable bonds is 6. The van der Waals surface area contributed by atoms with Crippen LogP contribution in [0.1, 0.15) is 25.1 Å². The number of hydrogen-bond donors (Lipinski definition) is 0. The maximum absolute atomic E-state index is 14.1. The van der Waals surface area contributed by atoms with E-state index in [9.17, 15) is 13.2 Å². The molecule has 0 aliphatic carbocycles. The van der Waals surface area contributed by atoms with Crippen molar-refractivity contribution in [2.45, 2.75) is 25.4 Å². The average Bonchev–Trinajstić information content (AvgIpc) is 3.35. The molecule has 0 saturated carbocycles. The van der Waals surface area contributed by atoms with Crippen molar-refractivity contribution in [1.29, 1.82) is 0 Å². The highest BCUT2D eigenvalue weighted by atomic mass is 19.3. The van der Waals surface area contributed by atoms with Crippen LogP contribution >= 0.6 is 0 Å². The number of hydrogen-bond acceptors (Lipinski definition) is 8. The van der Waals surface area contributed by atoms with Crippen LogP contribution in [0.4, 0.5) is 25.1 Å². The Labute approximate surface area is 216 Å². The average molecular weight is 526 g/mol. The van der Waals surface area contributed by atoms with Gasteiger partial charge in [0.2, 0.25) is 17.8 Å². The maximum Gasteiger partial charge on any atom is 0.296 e. The van der Waals surface area contributed by atoms with Gasteiger partial charge >= 0.3 is 0 Å². The van der Waals surface area contributed by atoms with E-state index in [-0.39, 0.29) is 17.8 Å². The van der Waals surface area contributed by atoms with Gasteiger partial charge in [-0.1, -0.05) is 24.3 Å². The predicted octanol–water partition coefficient (Wildman–Crippen LogP) is 4.17. The summed E-state index contributed by atoms with van der Waals surface area (Å²) in [5.41, 5.74) is 0.925. The molecule has 0 N–H and O–H groups in total. The van der Waals surface area contributed by atoms with Crippen molar-refractivity contribution in [3.63, 3.8) is 0 Å². The summed E-state index contributed by atoms with van der Waals surface area (Å²) in [7, 11) is 0. The molecule has 4 aromatic rings. The van der Waals surface area contributed by atoms with Gasteiger partial charge in [-0.3, -0.25) is 4.57 Å². The van der Waals surface area contributed by atoms with E-state index in [1.165, 1.54) is 10.6 Å². The second-order valence-electron chi connectivity index (χ2n) is 9.16. The smallest absolute Gasteiger partial charge is 0.296 e. The van der Waals surface area contributed by atoms with Crippen LogP contribution in [0.25, 0.3) is 17.0 Å². The van der Waals surface area contributed by atoms with Gasteiger partial charge in [-0.15, -0.1) is 0 Å². The van der Waals surface area contributed by atoms with Crippen molar-refractivity contribution in [1.82, 2.24) is 24.5 Å². The Morgan fingerprint density at radius 2 is 1.42 bits per heavy atom. The molecule has 198 valence electrons. The number of alkyl halides is 2. The molecule has 9 nitrogen and oxygen atoms in total. The first-order valence-corrected chi connectivity index (χ1v) is 12.6. The monoisotopic (exact) mass is 525 g/mol. The molecule has 0 radical (unpaired) electrons. The highest BCUT2D eigenvalue weighted by molar-refractivity contribution is 5.77. The lowest BCUT2D eigenvalue weighted by molar-refractivity contribution is 0.122. The first-order chi connectivity index (χ1) is 18.6. The Morgan fingerprint density at radius 1 is 0.789 bits per heavy atom. The molecule has 2 fully saturated rings. The van der Waals surface area contributed by atoms with E-state index in [2.05, 4.69) is 15.0 Å². The van der Waals surface area contributed by atoms with E-state index in [0.29, 0.717) is 75.2 Å². The lowest BCUT2D eigenvalue weighted by Crippen LogP contribution is -2.41. The van der Waals surface area contributed by atoms with Crippen LogP contribution in [0.5, 0.6) is 5.75 Å². The quantitative estimate of drug-likeness (QED) is 0.371. The molecule has 0 bridgehead atoms. The van der Waals surface area contributed by atoms with Gasteiger partial charge in [-0.25, -0.2) is 18.2 Å². The van der Waals surface area contributed by atoms with Crippen LogP contribution < -0.4 is 14.5 Å². The van der Waals surface area contributed by atoms with Crippen LogP contribution in [0.2, 0.25) is 0 Å². The fraction of sp³-hybridized carbons (Fsp3) is 0.385. The maximum atomic E-state index is 14.1. The third-order valence-corrected chi connectivity index (χ3v) is 6.73. The van der Waals surface area contributed by atoms with Gasteiger partial charge in [0.15, 0.2) is 17.4 Å². The highest BCUT2D eigenvalue weighted by Crippen LogP contribution is 2.29. The standard InChI is InChI=1S/C26H26F3N7O2/c27-18-5-1-4-8-21(18)38-17-9-11-34(12-10-17)24-31-25(35-13-15-37-16-14-35)33-26(32-24)36-20-7-3-2-6-19(20)30-23(36)22(28)29/h1-8,17,22H,9-16H2. The molecule has 2 aliphatic heterocycles. The summed E-state index contributed by atoms with van der Waals surface area (Å²) >= 11 is 0. The first-order valence-electron chi connectivity index (χ1n) is 12.6. The number of fused-ring (bicyclic) bond motifs is 1. The second kappa shape index (κ2) is 10.4. The Hall–Kier alpha value is -3.93. The number of nitrogens with zero attached hydrogens (tertiary/aromatic N) is 7. The molecule has 2 saturated heterocycles. The fourth-order valence-corrected chi connectivity index (χ4v) is 4.78. The molecule has 6 rings (SSSR count). The van der Waals surface area contributed by atoms with E-state index in [1.54, 1.807) is 42.5 Å². The van der Waals surface area contributed by atoms with Crippen molar-refractivity contribution in [2.75, 3.05) is 49.2 Å². The van der Waals surface area contributed by atoms with Gasteiger partial charge in [0, 0.05) is 39.0 Å². The van der Waals surface area contributed by atoms with Gasteiger partial charge in [-0.2, -0.15) is 15.0 Å². The normalized spacial score (nSPS) is 16.9. The summed E-state index contributed by atoms with van der Waals surface area (Å²) in [6, 6.07) is 13.3. The Kier molecular flexibility index (Phi) is 6.71. The summed E-state index contributed by atoms with van der Waals surface area (Å²) in [5.74, 6) is 0.289. The second-order valence-corrected chi connectivity index (χ2v) is 9.16. The van der Waals surface area contributed by atoms with Crippen molar-refractivity contribution < 1.29 is 22.6 Å². The summed E-state index contributed by atoms with van der Waals surface area (Å²) in [5, 5.41) is 0. The summed E-state index contributed by atoms with van der Waals surface area (Å²) in [6.07, 6.45) is -1.73. The van der Waals surface area contributed by atoms with Crippen LogP contribution in [-0.4, -0.2) is 70.0 Å². The van der Waals surface area contributed by atoms with Gasteiger partial charge in [0.25, 0.3) is 6.43 Å². The molecule has 0 atom stereocenters. The van der Waals surface area contributed by atoms with E-state index in [0.717, 1.165) is 0 Å². The van der Waals surface area contributed by atoms with Crippen molar-refractivity contribution in [2.24, 2.45) is 0 Å². The van der Waals surface area contributed by atoms with Crippen molar-refractivity contribution >= 4 is 22.9 Å². The predicted molar refractivity (Wildman–Crippen MR) is 135 cm³/mol.